The third-order valence-electron chi connectivity index (χ3n) is 5.21. The summed E-state index contributed by atoms with van der Waals surface area (Å²) in [5.41, 5.74) is 0.0434. The van der Waals surface area contributed by atoms with Crippen molar-refractivity contribution in [1.29, 1.82) is 0 Å². The van der Waals surface area contributed by atoms with Crippen molar-refractivity contribution < 1.29 is 27.5 Å². The van der Waals surface area contributed by atoms with Gasteiger partial charge in [0.2, 0.25) is 5.91 Å². The monoisotopic (exact) mass is 489 g/mol. The van der Waals surface area contributed by atoms with Crippen molar-refractivity contribution in [3.63, 3.8) is 0 Å². The van der Waals surface area contributed by atoms with E-state index in [-0.39, 0.29) is 17.3 Å². The molecule has 0 aromatic heterocycles. The largest absolute Gasteiger partial charge is 0.495 e. The Bertz CT molecular complexity index is 1140. The molecule has 34 heavy (non-hydrogen) atoms. The fourth-order valence-electron chi connectivity index (χ4n) is 3.60. The lowest BCUT2D eigenvalue weighted by molar-refractivity contribution is -0.121. The van der Waals surface area contributed by atoms with Gasteiger partial charge in [0.05, 0.1) is 23.6 Å². The average molecular weight is 490 g/mol. The van der Waals surface area contributed by atoms with Gasteiger partial charge in [-0.25, -0.2) is 13.2 Å². The number of hydrogen-bond acceptors (Lipinski definition) is 6. The van der Waals surface area contributed by atoms with Crippen molar-refractivity contribution in [3.05, 3.63) is 48.5 Å². The Kier molecular flexibility index (Phi) is 7.71. The number of carbonyl (C=O) groups excluding carboxylic acids is 2. The molecule has 2 N–H and O–H groups in total. The second kappa shape index (κ2) is 10.3. The number of sulfonamides is 1. The summed E-state index contributed by atoms with van der Waals surface area (Å²) >= 11 is 0. The Hall–Kier alpha value is -3.27. The van der Waals surface area contributed by atoms with Gasteiger partial charge in [-0.15, -0.1) is 0 Å². The molecule has 3 rings (SSSR count). The van der Waals surface area contributed by atoms with Crippen molar-refractivity contribution in [3.8, 4) is 5.75 Å². The normalized spacial score (nSPS) is 16.5. The van der Waals surface area contributed by atoms with E-state index in [1.54, 1.807) is 57.2 Å². The molecule has 1 saturated heterocycles. The molecule has 0 unspecified atom stereocenters. The Morgan fingerprint density at radius 2 is 1.82 bits per heavy atom. The van der Waals surface area contributed by atoms with Gasteiger partial charge in [0.25, 0.3) is 10.0 Å². The zero-order valence-corrected chi connectivity index (χ0v) is 20.6. The molecule has 2 aromatic rings. The number of amides is 2. The molecule has 184 valence electrons. The van der Waals surface area contributed by atoms with E-state index in [1.807, 2.05) is 0 Å². The number of hydrogen-bond donors (Lipinski definition) is 2. The summed E-state index contributed by atoms with van der Waals surface area (Å²) in [6, 6.07) is 12.7. The van der Waals surface area contributed by atoms with Crippen LogP contribution in [0, 0.1) is 5.92 Å². The molecule has 2 aromatic carbocycles. The highest BCUT2D eigenvalue weighted by Gasteiger charge is 2.31. The maximum atomic E-state index is 12.9. The first-order valence-electron chi connectivity index (χ1n) is 11.0. The van der Waals surface area contributed by atoms with Crippen LogP contribution in [0.1, 0.15) is 33.6 Å². The van der Waals surface area contributed by atoms with Crippen LogP contribution >= 0.6 is 0 Å². The summed E-state index contributed by atoms with van der Waals surface area (Å²) in [7, 11) is -2.46. The number of likely N-dealkylation sites (tertiary alicyclic amines) is 1. The highest BCUT2D eigenvalue weighted by Crippen LogP contribution is 2.27. The van der Waals surface area contributed by atoms with E-state index < -0.39 is 27.6 Å². The molecule has 1 heterocycles. The van der Waals surface area contributed by atoms with Gasteiger partial charge in [0.1, 0.15) is 11.4 Å². The SMILES string of the molecule is COc1ccccc1NS(=O)(=O)c1cccc(NC(=O)[C@H]2CCCN(C(=O)OC(C)(C)C)C2)c1. The third kappa shape index (κ3) is 6.63. The molecule has 1 aliphatic heterocycles. The topological polar surface area (TPSA) is 114 Å². The Labute approximate surface area is 200 Å². The molecule has 0 saturated carbocycles. The second-order valence-corrected chi connectivity index (χ2v) is 10.8. The van der Waals surface area contributed by atoms with Gasteiger partial charge in [0.15, 0.2) is 0 Å². The number of methoxy groups -OCH3 is 1. The van der Waals surface area contributed by atoms with Gasteiger partial charge in [-0.05, 0) is 63.9 Å². The van der Waals surface area contributed by atoms with E-state index in [1.165, 1.54) is 24.1 Å². The van der Waals surface area contributed by atoms with Gasteiger partial charge < -0.3 is 19.7 Å². The lowest BCUT2D eigenvalue weighted by Crippen LogP contribution is -2.45. The first-order chi connectivity index (χ1) is 16.0. The van der Waals surface area contributed by atoms with Crippen molar-refractivity contribution in [2.75, 3.05) is 30.2 Å². The molecule has 9 nitrogen and oxygen atoms in total. The summed E-state index contributed by atoms with van der Waals surface area (Å²) < 4.78 is 38.9. The second-order valence-electron chi connectivity index (χ2n) is 9.09. The number of para-hydroxylation sites is 2. The lowest BCUT2D eigenvalue weighted by Gasteiger charge is -2.33. The standard InChI is InChI=1S/C24H31N3O6S/c1-24(2,3)33-23(29)27-14-8-9-17(16-27)22(28)25-18-10-7-11-19(15-18)34(30,31)26-20-12-5-6-13-21(20)32-4/h5-7,10-13,15,17,26H,8-9,14,16H2,1-4H3,(H,25,28)/t17-/m0/s1. The zero-order valence-electron chi connectivity index (χ0n) is 19.8. The molecule has 0 spiro atoms. The van der Waals surface area contributed by atoms with Crippen LogP contribution in [0.4, 0.5) is 16.2 Å². The molecule has 1 atom stereocenters. The first kappa shape index (κ1) is 25.4. The number of anilines is 2. The van der Waals surface area contributed by atoms with Gasteiger partial charge in [-0.2, -0.15) is 0 Å². The molecular weight excluding hydrogens is 458 g/mol. The van der Waals surface area contributed by atoms with Crippen LogP contribution in [0.15, 0.2) is 53.4 Å². The highest BCUT2D eigenvalue weighted by atomic mass is 32.2. The van der Waals surface area contributed by atoms with Crippen LogP contribution in [-0.4, -0.2) is 51.1 Å². The van der Waals surface area contributed by atoms with Gasteiger partial charge >= 0.3 is 6.09 Å². The van der Waals surface area contributed by atoms with Crippen molar-refractivity contribution in [1.82, 2.24) is 4.90 Å². The van der Waals surface area contributed by atoms with Crippen LogP contribution in [0.25, 0.3) is 0 Å². The summed E-state index contributed by atoms with van der Waals surface area (Å²) in [5.74, 6) is -0.309. The zero-order chi connectivity index (χ0) is 24.9. The molecule has 0 bridgehead atoms. The van der Waals surface area contributed by atoms with Gasteiger partial charge in [-0.1, -0.05) is 18.2 Å². The third-order valence-corrected chi connectivity index (χ3v) is 6.57. The van der Waals surface area contributed by atoms with E-state index >= 15 is 0 Å². The molecule has 0 aliphatic carbocycles. The fraction of sp³-hybridized carbons (Fsp3) is 0.417. The van der Waals surface area contributed by atoms with Gasteiger partial charge in [-0.3, -0.25) is 9.52 Å². The van der Waals surface area contributed by atoms with Crippen LogP contribution in [-0.2, 0) is 19.6 Å². The highest BCUT2D eigenvalue weighted by molar-refractivity contribution is 7.92. The number of rotatable bonds is 6. The van der Waals surface area contributed by atoms with Crippen LogP contribution in [0.5, 0.6) is 5.75 Å². The summed E-state index contributed by atoms with van der Waals surface area (Å²) in [6.07, 6.45) is 0.855. The maximum Gasteiger partial charge on any atom is 0.410 e. The van der Waals surface area contributed by atoms with Crippen LogP contribution in [0.3, 0.4) is 0 Å². The average Bonchev–Trinajstić information content (AvgIpc) is 2.78. The van der Waals surface area contributed by atoms with Crippen molar-refractivity contribution >= 4 is 33.4 Å². The maximum absolute atomic E-state index is 12.9. The predicted octanol–water partition coefficient (Wildman–Crippen LogP) is 4.08. The smallest absolute Gasteiger partial charge is 0.410 e. The van der Waals surface area contributed by atoms with E-state index in [0.717, 1.165) is 0 Å². The van der Waals surface area contributed by atoms with Gasteiger partial charge in [0, 0.05) is 18.8 Å². The minimum Gasteiger partial charge on any atom is -0.495 e. The summed E-state index contributed by atoms with van der Waals surface area (Å²) in [6.45, 7) is 6.16. The van der Waals surface area contributed by atoms with E-state index in [0.29, 0.717) is 36.5 Å². The number of carbonyl (C=O) groups is 2. The lowest BCUT2D eigenvalue weighted by atomic mass is 9.97. The number of piperidine rings is 1. The van der Waals surface area contributed by atoms with Crippen molar-refractivity contribution in [2.45, 2.75) is 44.1 Å². The van der Waals surface area contributed by atoms with E-state index in [4.69, 9.17) is 9.47 Å². The molecule has 1 aliphatic rings. The molecule has 2 amide bonds. The summed E-state index contributed by atoms with van der Waals surface area (Å²) in [5, 5.41) is 2.78. The Balaban J connectivity index is 1.69. The minimum absolute atomic E-state index is 0.00442. The summed E-state index contributed by atoms with van der Waals surface area (Å²) in [4.78, 5) is 26.8. The number of nitrogens with zero attached hydrogens (tertiary/aromatic N) is 1. The Morgan fingerprint density at radius 3 is 2.53 bits per heavy atom. The molecule has 0 radical (unpaired) electrons. The number of nitrogens with one attached hydrogen (secondary N) is 2. The first-order valence-corrected chi connectivity index (χ1v) is 12.5. The minimum atomic E-state index is -3.92. The number of benzene rings is 2. The molecular formula is C24H31N3O6S. The quantitative estimate of drug-likeness (QED) is 0.632. The predicted molar refractivity (Wildman–Crippen MR) is 129 cm³/mol. The molecule has 10 heteroatoms. The van der Waals surface area contributed by atoms with E-state index in [2.05, 4.69) is 10.0 Å². The van der Waals surface area contributed by atoms with Crippen LogP contribution < -0.4 is 14.8 Å². The van der Waals surface area contributed by atoms with E-state index in [9.17, 15) is 18.0 Å². The Morgan fingerprint density at radius 1 is 1.09 bits per heavy atom. The van der Waals surface area contributed by atoms with Crippen LogP contribution in [0.2, 0.25) is 0 Å². The number of ether oxygens (including phenoxy) is 2. The fourth-order valence-corrected chi connectivity index (χ4v) is 4.72. The molecule has 1 fully saturated rings. The van der Waals surface area contributed by atoms with Crippen molar-refractivity contribution in [2.24, 2.45) is 5.92 Å².